The van der Waals surface area contributed by atoms with Gasteiger partial charge in [-0.3, -0.25) is 9.78 Å². The van der Waals surface area contributed by atoms with E-state index in [1.165, 1.54) is 6.20 Å². The van der Waals surface area contributed by atoms with Crippen molar-refractivity contribution in [2.24, 2.45) is 0 Å². The molecular weight excluding hydrogens is 336 g/mol. The average Bonchev–Trinajstić information content (AvgIpc) is 2.45. The van der Waals surface area contributed by atoms with Crippen molar-refractivity contribution in [2.45, 2.75) is 12.5 Å². The molecule has 6 heteroatoms. The minimum Gasteiger partial charge on any atom is -0.480 e. The molecule has 0 aliphatic rings. The van der Waals surface area contributed by atoms with Crippen LogP contribution in [0.4, 0.5) is 0 Å². The van der Waals surface area contributed by atoms with E-state index in [9.17, 15) is 9.59 Å². The standard InChI is InChI=1S/C15H13BrN2O3/c1-9(16)8-13(15(20)21)18-14(19)11-6-7-17-12-5-3-2-4-10(11)12/h2-7,13H,1,8H2,(H,18,19)(H,20,21)/t13-/m1/s1. The third-order valence-corrected chi connectivity index (χ3v) is 3.25. The van der Waals surface area contributed by atoms with Crippen LogP contribution in [-0.2, 0) is 4.79 Å². The maximum atomic E-state index is 12.3. The van der Waals surface area contributed by atoms with E-state index in [1.807, 2.05) is 6.07 Å². The van der Waals surface area contributed by atoms with E-state index >= 15 is 0 Å². The van der Waals surface area contributed by atoms with Crippen molar-refractivity contribution in [3.8, 4) is 0 Å². The van der Waals surface area contributed by atoms with Gasteiger partial charge in [0.05, 0.1) is 11.1 Å². The maximum absolute atomic E-state index is 12.3. The lowest BCUT2D eigenvalue weighted by molar-refractivity contribution is -0.139. The summed E-state index contributed by atoms with van der Waals surface area (Å²) < 4.78 is 0.509. The lowest BCUT2D eigenvalue weighted by Gasteiger charge is -2.14. The van der Waals surface area contributed by atoms with E-state index in [0.29, 0.717) is 20.9 Å². The van der Waals surface area contributed by atoms with Gasteiger partial charge in [0.25, 0.3) is 5.91 Å². The zero-order valence-electron chi connectivity index (χ0n) is 11.0. The maximum Gasteiger partial charge on any atom is 0.326 e. The number of nitrogens with one attached hydrogen (secondary N) is 1. The summed E-state index contributed by atoms with van der Waals surface area (Å²) >= 11 is 3.11. The van der Waals surface area contributed by atoms with Gasteiger partial charge in [-0.25, -0.2) is 4.79 Å². The number of nitrogens with zero attached hydrogens (tertiary/aromatic N) is 1. The molecular formula is C15H13BrN2O3. The van der Waals surface area contributed by atoms with Crippen molar-refractivity contribution in [3.63, 3.8) is 0 Å². The number of carbonyl (C=O) groups excluding carboxylic acids is 1. The lowest BCUT2D eigenvalue weighted by Crippen LogP contribution is -2.40. The molecule has 108 valence electrons. The van der Waals surface area contributed by atoms with Crippen molar-refractivity contribution < 1.29 is 14.7 Å². The Bertz CT molecular complexity index is 710. The monoisotopic (exact) mass is 348 g/mol. The van der Waals surface area contributed by atoms with Crippen LogP contribution in [0.15, 0.2) is 47.6 Å². The summed E-state index contributed by atoms with van der Waals surface area (Å²) in [5, 5.41) is 12.3. The van der Waals surface area contributed by atoms with Gasteiger partial charge in [-0.05, 0) is 16.6 Å². The molecule has 21 heavy (non-hydrogen) atoms. The summed E-state index contributed by atoms with van der Waals surface area (Å²) in [7, 11) is 0. The molecule has 0 bridgehead atoms. The number of carboxylic acids is 1. The van der Waals surface area contributed by atoms with Crippen LogP contribution in [0.25, 0.3) is 10.9 Å². The van der Waals surface area contributed by atoms with Crippen LogP contribution in [-0.4, -0.2) is 28.0 Å². The molecule has 5 nitrogen and oxygen atoms in total. The van der Waals surface area contributed by atoms with Crippen LogP contribution in [0.3, 0.4) is 0 Å². The van der Waals surface area contributed by atoms with E-state index in [-0.39, 0.29) is 6.42 Å². The van der Waals surface area contributed by atoms with Crippen LogP contribution in [0.5, 0.6) is 0 Å². The summed E-state index contributed by atoms with van der Waals surface area (Å²) in [4.78, 5) is 27.7. The van der Waals surface area contributed by atoms with Crippen molar-refractivity contribution >= 4 is 38.7 Å². The van der Waals surface area contributed by atoms with Gasteiger partial charge >= 0.3 is 5.97 Å². The fourth-order valence-corrected chi connectivity index (χ4v) is 2.28. The van der Waals surface area contributed by atoms with Gasteiger partial charge in [0.15, 0.2) is 0 Å². The number of carboxylic acid groups (broad SMARTS) is 1. The number of pyridine rings is 1. The van der Waals surface area contributed by atoms with Crippen molar-refractivity contribution in [2.75, 3.05) is 0 Å². The fraction of sp³-hybridized carbons (Fsp3) is 0.133. The SMILES string of the molecule is C=C(Br)C[C@@H](NC(=O)c1ccnc2ccccc12)C(=O)O. The molecule has 0 fully saturated rings. The number of amides is 1. The predicted molar refractivity (Wildman–Crippen MR) is 83.3 cm³/mol. The second-order valence-electron chi connectivity index (χ2n) is 4.46. The first-order valence-electron chi connectivity index (χ1n) is 6.19. The largest absolute Gasteiger partial charge is 0.480 e. The molecule has 2 rings (SSSR count). The Labute approximate surface area is 129 Å². The minimum atomic E-state index is -1.11. The number of fused-ring (bicyclic) bond motifs is 1. The van der Waals surface area contributed by atoms with E-state index < -0.39 is 17.9 Å². The highest BCUT2D eigenvalue weighted by molar-refractivity contribution is 9.11. The summed E-state index contributed by atoms with van der Waals surface area (Å²) in [5.74, 6) is -1.56. The van der Waals surface area contributed by atoms with E-state index in [1.54, 1.807) is 24.3 Å². The van der Waals surface area contributed by atoms with E-state index in [2.05, 4.69) is 32.8 Å². The summed E-state index contributed by atoms with van der Waals surface area (Å²) in [6.07, 6.45) is 1.64. The van der Waals surface area contributed by atoms with Crippen LogP contribution in [0.1, 0.15) is 16.8 Å². The highest BCUT2D eigenvalue weighted by Crippen LogP contribution is 2.17. The summed E-state index contributed by atoms with van der Waals surface area (Å²) in [6.45, 7) is 3.60. The fourth-order valence-electron chi connectivity index (χ4n) is 1.95. The Hall–Kier alpha value is -2.21. The lowest BCUT2D eigenvalue weighted by atomic mass is 10.1. The Morgan fingerprint density at radius 2 is 2.05 bits per heavy atom. The van der Waals surface area contributed by atoms with Crippen molar-refractivity contribution in [1.29, 1.82) is 0 Å². The normalized spacial score (nSPS) is 11.9. The van der Waals surface area contributed by atoms with Gasteiger partial charge in [-0.15, -0.1) is 0 Å². The number of para-hydroxylation sites is 1. The number of rotatable bonds is 5. The van der Waals surface area contributed by atoms with Crippen LogP contribution in [0.2, 0.25) is 0 Å². The predicted octanol–water partition coefficient (Wildman–Crippen LogP) is 2.72. The second kappa shape index (κ2) is 6.49. The highest BCUT2D eigenvalue weighted by Gasteiger charge is 2.22. The molecule has 0 radical (unpaired) electrons. The van der Waals surface area contributed by atoms with Crippen LogP contribution < -0.4 is 5.32 Å². The average molecular weight is 349 g/mol. The molecule has 0 spiro atoms. The topological polar surface area (TPSA) is 79.3 Å². The Kier molecular flexibility index (Phi) is 4.70. The quantitative estimate of drug-likeness (QED) is 0.870. The Morgan fingerprint density at radius 3 is 2.71 bits per heavy atom. The highest BCUT2D eigenvalue weighted by atomic mass is 79.9. The molecule has 1 amide bonds. The molecule has 0 saturated heterocycles. The van der Waals surface area contributed by atoms with E-state index in [0.717, 1.165) is 0 Å². The van der Waals surface area contributed by atoms with Crippen molar-refractivity contribution in [1.82, 2.24) is 10.3 Å². The van der Waals surface area contributed by atoms with E-state index in [4.69, 9.17) is 5.11 Å². The molecule has 1 atom stereocenters. The summed E-state index contributed by atoms with van der Waals surface area (Å²) in [6, 6.07) is 7.73. The second-order valence-corrected chi connectivity index (χ2v) is 5.58. The number of hydrogen-bond acceptors (Lipinski definition) is 3. The molecule has 1 aromatic carbocycles. The zero-order chi connectivity index (χ0) is 15.4. The number of benzene rings is 1. The van der Waals surface area contributed by atoms with Gasteiger partial charge in [-0.1, -0.05) is 40.7 Å². The number of carbonyl (C=O) groups is 2. The number of hydrogen-bond donors (Lipinski definition) is 2. The number of halogens is 1. The summed E-state index contributed by atoms with van der Waals surface area (Å²) in [5.41, 5.74) is 1.08. The minimum absolute atomic E-state index is 0.115. The van der Waals surface area contributed by atoms with Gasteiger partial charge in [0.2, 0.25) is 0 Å². The molecule has 2 N–H and O–H groups in total. The van der Waals surface area contributed by atoms with Gasteiger partial charge < -0.3 is 10.4 Å². The van der Waals surface area contributed by atoms with Crippen LogP contribution >= 0.6 is 15.9 Å². The third-order valence-electron chi connectivity index (χ3n) is 2.92. The molecule has 1 heterocycles. The first-order valence-corrected chi connectivity index (χ1v) is 6.99. The van der Waals surface area contributed by atoms with Crippen molar-refractivity contribution in [3.05, 3.63) is 53.2 Å². The van der Waals surface area contributed by atoms with Gasteiger partial charge in [0, 0.05) is 18.0 Å². The molecule has 0 aliphatic heterocycles. The Balaban J connectivity index is 2.29. The molecule has 0 aliphatic carbocycles. The third kappa shape index (κ3) is 3.66. The molecule has 2 aromatic rings. The smallest absolute Gasteiger partial charge is 0.326 e. The van der Waals surface area contributed by atoms with Crippen LogP contribution in [0, 0.1) is 0 Å². The molecule has 0 saturated carbocycles. The number of aromatic nitrogens is 1. The first kappa shape index (κ1) is 15.2. The zero-order valence-corrected chi connectivity index (χ0v) is 12.6. The Morgan fingerprint density at radius 1 is 1.33 bits per heavy atom. The first-order chi connectivity index (χ1) is 9.99. The molecule has 1 aromatic heterocycles. The molecule has 0 unspecified atom stereocenters. The van der Waals surface area contributed by atoms with Gasteiger partial charge in [0.1, 0.15) is 6.04 Å². The van der Waals surface area contributed by atoms with Gasteiger partial charge in [-0.2, -0.15) is 0 Å². The number of aliphatic carboxylic acids is 1.